The van der Waals surface area contributed by atoms with Crippen LogP contribution in [0.5, 0.6) is 5.75 Å². The Morgan fingerprint density at radius 1 is 0.970 bits per heavy atom. The maximum Gasteiger partial charge on any atom is 0.263 e. The standard InChI is InChI=1S/C25H28F2N2O4/c1-18(33-21-11-7-10-20(26)22(21)27)23(30)28-13-15-29(16-14-28)24(31)25(12-5-6-17-32-25)19-8-3-2-4-9-19/h2-4,7-11,18H,5-6,12-17H2,1H3. The van der Waals surface area contributed by atoms with Crippen molar-refractivity contribution < 1.29 is 27.8 Å². The topological polar surface area (TPSA) is 59.1 Å². The van der Waals surface area contributed by atoms with Crippen molar-refractivity contribution in [2.75, 3.05) is 32.8 Å². The van der Waals surface area contributed by atoms with Crippen molar-refractivity contribution in [2.24, 2.45) is 0 Å². The van der Waals surface area contributed by atoms with E-state index in [0.29, 0.717) is 39.2 Å². The quantitative estimate of drug-likeness (QED) is 0.688. The number of ether oxygens (including phenoxy) is 2. The Hall–Kier alpha value is -3.00. The van der Waals surface area contributed by atoms with E-state index in [2.05, 4.69) is 0 Å². The Bertz CT molecular complexity index is 987. The van der Waals surface area contributed by atoms with Crippen LogP contribution in [0.2, 0.25) is 0 Å². The summed E-state index contributed by atoms with van der Waals surface area (Å²) in [7, 11) is 0. The first-order chi connectivity index (χ1) is 15.9. The summed E-state index contributed by atoms with van der Waals surface area (Å²) in [5, 5.41) is 0. The molecule has 0 bridgehead atoms. The van der Waals surface area contributed by atoms with Gasteiger partial charge in [-0.3, -0.25) is 9.59 Å². The van der Waals surface area contributed by atoms with Gasteiger partial charge in [-0.25, -0.2) is 4.39 Å². The molecule has 2 amide bonds. The third-order valence-corrected chi connectivity index (χ3v) is 6.30. The van der Waals surface area contributed by atoms with E-state index in [4.69, 9.17) is 9.47 Å². The first-order valence-electron chi connectivity index (χ1n) is 11.3. The van der Waals surface area contributed by atoms with Crippen molar-refractivity contribution in [1.82, 2.24) is 9.80 Å². The predicted octanol–water partition coefficient (Wildman–Crippen LogP) is 3.50. The number of carbonyl (C=O) groups excluding carboxylic acids is 2. The number of hydrogen-bond donors (Lipinski definition) is 0. The highest BCUT2D eigenvalue weighted by Gasteiger charge is 2.46. The molecule has 2 aliphatic heterocycles. The van der Waals surface area contributed by atoms with Crippen molar-refractivity contribution in [1.29, 1.82) is 0 Å². The van der Waals surface area contributed by atoms with E-state index in [-0.39, 0.29) is 17.6 Å². The van der Waals surface area contributed by atoms with Gasteiger partial charge in [0.2, 0.25) is 5.82 Å². The average molecular weight is 459 g/mol. The Morgan fingerprint density at radius 3 is 2.33 bits per heavy atom. The first kappa shape index (κ1) is 23.2. The number of hydrogen-bond acceptors (Lipinski definition) is 4. The molecule has 6 nitrogen and oxygen atoms in total. The molecule has 33 heavy (non-hydrogen) atoms. The van der Waals surface area contributed by atoms with Gasteiger partial charge >= 0.3 is 0 Å². The summed E-state index contributed by atoms with van der Waals surface area (Å²) in [6, 6.07) is 13.2. The monoisotopic (exact) mass is 458 g/mol. The molecule has 2 heterocycles. The fourth-order valence-corrected chi connectivity index (χ4v) is 4.48. The maximum atomic E-state index is 13.9. The van der Waals surface area contributed by atoms with Crippen molar-refractivity contribution >= 4 is 11.8 Å². The number of carbonyl (C=O) groups is 2. The molecule has 0 saturated carbocycles. The molecule has 0 N–H and O–H groups in total. The molecule has 8 heteroatoms. The normalized spacial score (nSPS) is 22.0. The highest BCUT2D eigenvalue weighted by Crippen LogP contribution is 2.37. The number of nitrogens with zero attached hydrogens (tertiary/aromatic N) is 2. The van der Waals surface area contributed by atoms with Gasteiger partial charge in [-0.2, -0.15) is 4.39 Å². The van der Waals surface area contributed by atoms with E-state index < -0.39 is 23.3 Å². The van der Waals surface area contributed by atoms with Crippen LogP contribution in [0.25, 0.3) is 0 Å². The summed E-state index contributed by atoms with van der Waals surface area (Å²) in [4.78, 5) is 29.7. The summed E-state index contributed by atoms with van der Waals surface area (Å²) in [5.41, 5.74) is -0.135. The van der Waals surface area contributed by atoms with Gasteiger partial charge in [-0.05, 0) is 43.9 Å². The minimum Gasteiger partial charge on any atom is -0.478 e. The zero-order valence-corrected chi connectivity index (χ0v) is 18.6. The van der Waals surface area contributed by atoms with Crippen LogP contribution in [0.1, 0.15) is 31.7 Å². The van der Waals surface area contributed by atoms with E-state index in [1.165, 1.54) is 19.1 Å². The highest BCUT2D eigenvalue weighted by atomic mass is 19.2. The molecular formula is C25H28F2N2O4. The minimum atomic E-state index is -1.12. The number of rotatable bonds is 5. The lowest BCUT2D eigenvalue weighted by atomic mass is 9.85. The third kappa shape index (κ3) is 4.71. The van der Waals surface area contributed by atoms with Gasteiger partial charge in [0.05, 0.1) is 0 Å². The molecule has 0 radical (unpaired) electrons. The molecule has 2 aliphatic rings. The van der Waals surface area contributed by atoms with E-state index >= 15 is 0 Å². The Balaban J connectivity index is 1.40. The lowest BCUT2D eigenvalue weighted by Crippen LogP contribution is -2.58. The second kappa shape index (κ2) is 9.87. The van der Waals surface area contributed by atoms with Crippen molar-refractivity contribution in [3.63, 3.8) is 0 Å². The lowest BCUT2D eigenvalue weighted by molar-refractivity contribution is -0.170. The Morgan fingerprint density at radius 2 is 1.67 bits per heavy atom. The summed E-state index contributed by atoms with van der Waals surface area (Å²) < 4.78 is 38.8. The summed E-state index contributed by atoms with van der Waals surface area (Å²) in [6.07, 6.45) is 1.47. The van der Waals surface area contributed by atoms with E-state index in [9.17, 15) is 18.4 Å². The van der Waals surface area contributed by atoms with Gasteiger partial charge < -0.3 is 19.3 Å². The van der Waals surface area contributed by atoms with Crippen molar-refractivity contribution in [3.05, 3.63) is 65.7 Å². The Kier molecular flexibility index (Phi) is 6.93. The average Bonchev–Trinajstić information content (AvgIpc) is 2.87. The summed E-state index contributed by atoms with van der Waals surface area (Å²) in [6.45, 7) is 3.42. The number of amides is 2. The summed E-state index contributed by atoms with van der Waals surface area (Å²) in [5.74, 6) is -2.86. The first-order valence-corrected chi connectivity index (χ1v) is 11.3. The zero-order chi connectivity index (χ0) is 23.4. The van der Waals surface area contributed by atoms with Crippen molar-refractivity contribution in [3.8, 4) is 5.75 Å². The van der Waals surface area contributed by atoms with Gasteiger partial charge in [-0.15, -0.1) is 0 Å². The van der Waals surface area contributed by atoms with Gasteiger partial charge in [0.1, 0.15) is 0 Å². The number of benzene rings is 2. The van der Waals surface area contributed by atoms with Gasteiger partial charge in [-0.1, -0.05) is 36.4 Å². The van der Waals surface area contributed by atoms with Gasteiger partial charge in [0.15, 0.2) is 23.3 Å². The van der Waals surface area contributed by atoms with Crippen LogP contribution < -0.4 is 4.74 Å². The van der Waals surface area contributed by atoms with Crippen LogP contribution in [-0.2, 0) is 19.9 Å². The molecule has 2 unspecified atom stereocenters. The van der Waals surface area contributed by atoms with Gasteiger partial charge in [0, 0.05) is 32.8 Å². The molecule has 2 aromatic carbocycles. The van der Waals surface area contributed by atoms with E-state index in [1.54, 1.807) is 9.80 Å². The fourth-order valence-electron chi connectivity index (χ4n) is 4.48. The van der Waals surface area contributed by atoms with Crippen LogP contribution in [0.15, 0.2) is 48.5 Å². The van der Waals surface area contributed by atoms with Crippen molar-refractivity contribution in [2.45, 2.75) is 37.9 Å². The second-order valence-electron chi connectivity index (χ2n) is 8.43. The molecule has 2 aromatic rings. The maximum absolute atomic E-state index is 13.9. The van der Waals surface area contributed by atoms with Crippen LogP contribution in [0, 0.1) is 11.6 Å². The number of halogens is 2. The molecule has 0 aromatic heterocycles. The number of piperazine rings is 1. The molecule has 176 valence electrons. The minimum absolute atomic E-state index is 0.0772. The van der Waals surface area contributed by atoms with E-state index in [0.717, 1.165) is 24.5 Å². The molecule has 2 saturated heterocycles. The molecular weight excluding hydrogens is 430 g/mol. The van der Waals surface area contributed by atoms with Crippen LogP contribution in [0.3, 0.4) is 0 Å². The van der Waals surface area contributed by atoms with E-state index in [1.807, 2.05) is 30.3 Å². The van der Waals surface area contributed by atoms with Gasteiger partial charge in [0.25, 0.3) is 11.8 Å². The summed E-state index contributed by atoms with van der Waals surface area (Å²) >= 11 is 0. The van der Waals surface area contributed by atoms with Crippen LogP contribution >= 0.6 is 0 Å². The smallest absolute Gasteiger partial charge is 0.263 e. The third-order valence-electron chi connectivity index (χ3n) is 6.30. The fraction of sp³-hybridized carbons (Fsp3) is 0.440. The molecule has 2 atom stereocenters. The SMILES string of the molecule is CC(Oc1cccc(F)c1F)C(=O)N1CCN(C(=O)C2(c3ccccc3)CCCCO2)CC1. The molecule has 0 aliphatic carbocycles. The molecule has 0 spiro atoms. The zero-order valence-electron chi connectivity index (χ0n) is 18.6. The predicted molar refractivity (Wildman–Crippen MR) is 118 cm³/mol. The molecule has 4 rings (SSSR count). The highest BCUT2D eigenvalue weighted by molar-refractivity contribution is 5.87. The lowest BCUT2D eigenvalue weighted by Gasteiger charge is -2.43. The second-order valence-corrected chi connectivity index (χ2v) is 8.43. The molecule has 2 fully saturated rings. The van der Waals surface area contributed by atoms with Crippen LogP contribution in [0.4, 0.5) is 8.78 Å². The largest absolute Gasteiger partial charge is 0.478 e. The Labute approximate surface area is 192 Å². The van der Waals surface area contributed by atoms with Crippen LogP contribution in [-0.4, -0.2) is 60.5 Å².